The number of nitrogens with two attached hydrogens (primary N) is 1. The second-order valence-electron chi connectivity index (χ2n) is 4.95. The number of nitrogens with one attached hydrogen (secondary N) is 1. The molecule has 0 aliphatic heterocycles. The van der Waals surface area contributed by atoms with E-state index in [1.54, 1.807) is 0 Å². The van der Waals surface area contributed by atoms with Crippen molar-refractivity contribution in [3.8, 4) is 5.75 Å². The van der Waals surface area contributed by atoms with Gasteiger partial charge in [0.05, 0.1) is 6.61 Å². The third-order valence-electron chi connectivity index (χ3n) is 3.19. The number of hydrogen-bond donors (Lipinski definition) is 3. The Kier molecular flexibility index (Phi) is 9.04. The van der Waals surface area contributed by atoms with Crippen molar-refractivity contribution in [1.82, 2.24) is 5.32 Å². The predicted octanol–water partition coefficient (Wildman–Crippen LogP) is 2.23. The molecule has 1 atom stereocenters. The van der Waals surface area contributed by atoms with Crippen LogP contribution in [-0.2, 0) is 0 Å². The molecule has 0 radical (unpaired) electrons. The quantitative estimate of drug-likeness (QED) is 0.544. The molecule has 4 heteroatoms. The van der Waals surface area contributed by atoms with Gasteiger partial charge in [-0.25, -0.2) is 0 Å². The summed E-state index contributed by atoms with van der Waals surface area (Å²) in [6.07, 6.45) is 3.98. The first-order chi connectivity index (χ1) is 9.81. The number of unbranched alkanes of at least 4 members (excludes halogenated alkanes) is 2. The Morgan fingerprint density at radius 3 is 2.85 bits per heavy atom. The van der Waals surface area contributed by atoms with Crippen LogP contribution in [0.3, 0.4) is 0 Å². The van der Waals surface area contributed by atoms with E-state index in [0.717, 1.165) is 44.6 Å². The van der Waals surface area contributed by atoms with Crippen LogP contribution in [0.1, 0.15) is 44.2 Å². The summed E-state index contributed by atoms with van der Waals surface area (Å²) >= 11 is 0. The Morgan fingerprint density at radius 2 is 2.15 bits per heavy atom. The fourth-order valence-corrected chi connectivity index (χ4v) is 2.07. The van der Waals surface area contributed by atoms with Gasteiger partial charge in [-0.1, -0.05) is 19.1 Å². The third-order valence-corrected chi connectivity index (χ3v) is 3.19. The maximum Gasteiger partial charge on any atom is 0.119 e. The molecule has 114 valence electrons. The van der Waals surface area contributed by atoms with Gasteiger partial charge in [-0.15, -0.1) is 0 Å². The van der Waals surface area contributed by atoms with Crippen molar-refractivity contribution in [3.05, 3.63) is 29.8 Å². The average molecular weight is 280 g/mol. The van der Waals surface area contributed by atoms with E-state index in [1.165, 1.54) is 5.56 Å². The van der Waals surface area contributed by atoms with Gasteiger partial charge in [-0.05, 0) is 49.9 Å². The molecule has 4 N–H and O–H groups in total. The third kappa shape index (κ3) is 6.37. The molecule has 0 saturated carbocycles. The van der Waals surface area contributed by atoms with E-state index >= 15 is 0 Å². The number of rotatable bonds is 11. The minimum absolute atomic E-state index is 0.161. The van der Waals surface area contributed by atoms with Gasteiger partial charge in [-0.2, -0.15) is 0 Å². The summed E-state index contributed by atoms with van der Waals surface area (Å²) in [5.41, 5.74) is 7.02. The molecule has 4 nitrogen and oxygen atoms in total. The second-order valence-corrected chi connectivity index (χ2v) is 4.95. The Hall–Kier alpha value is -1.10. The maximum absolute atomic E-state index is 8.75. The highest BCUT2D eigenvalue weighted by atomic mass is 16.5. The van der Waals surface area contributed by atoms with Crippen LogP contribution in [0.15, 0.2) is 24.3 Å². The Morgan fingerprint density at radius 1 is 1.30 bits per heavy atom. The highest BCUT2D eigenvalue weighted by molar-refractivity contribution is 5.30. The molecular weight excluding hydrogens is 252 g/mol. The summed E-state index contributed by atoms with van der Waals surface area (Å²) in [5, 5.41) is 12.2. The number of ether oxygens (including phenoxy) is 1. The zero-order valence-corrected chi connectivity index (χ0v) is 12.5. The van der Waals surface area contributed by atoms with Crippen LogP contribution in [0.5, 0.6) is 5.75 Å². The van der Waals surface area contributed by atoms with Gasteiger partial charge in [0.1, 0.15) is 5.75 Å². The number of benzene rings is 1. The summed E-state index contributed by atoms with van der Waals surface area (Å²) in [6.45, 7) is 4.60. The first-order valence-corrected chi connectivity index (χ1v) is 7.58. The largest absolute Gasteiger partial charge is 0.494 e. The SMILES string of the molecule is CCCOc1cccc(C(CN)NCCCCCO)c1. The van der Waals surface area contributed by atoms with Crippen molar-refractivity contribution >= 4 is 0 Å². The van der Waals surface area contributed by atoms with E-state index in [2.05, 4.69) is 24.4 Å². The van der Waals surface area contributed by atoms with Crippen LogP contribution in [0, 0.1) is 0 Å². The predicted molar refractivity (Wildman–Crippen MR) is 83.0 cm³/mol. The molecule has 1 aromatic carbocycles. The van der Waals surface area contributed by atoms with E-state index < -0.39 is 0 Å². The lowest BCUT2D eigenvalue weighted by Gasteiger charge is -2.18. The molecule has 1 rings (SSSR count). The minimum atomic E-state index is 0.161. The van der Waals surface area contributed by atoms with Crippen LogP contribution < -0.4 is 15.8 Å². The lowest BCUT2D eigenvalue weighted by atomic mass is 10.1. The Balaban J connectivity index is 2.47. The second kappa shape index (κ2) is 10.7. The van der Waals surface area contributed by atoms with Crippen molar-refractivity contribution in [2.45, 2.75) is 38.6 Å². The Bertz CT molecular complexity index is 358. The monoisotopic (exact) mass is 280 g/mol. The van der Waals surface area contributed by atoms with Gasteiger partial charge < -0.3 is 20.9 Å². The molecule has 0 amide bonds. The van der Waals surface area contributed by atoms with Crippen LogP contribution in [0.25, 0.3) is 0 Å². The van der Waals surface area contributed by atoms with Crippen molar-refractivity contribution in [1.29, 1.82) is 0 Å². The molecule has 1 aromatic rings. The molecular formula is C16H28N2O2. The summed E-state index contributed by atoms with van der Waals surface area (Å²) in [7, 11) is 0. The summed E-state index contributed by atoms with van der Waals surface area (Å²) in [5.74, 6) is 0.907. The molecule has 0 saturated heterocycles. The first kappa shape index (κ1) is 17.0. The van der Waals surface area contributed by atoms with Gasteiger partial charge in [0.2, 0.25) is 0 Å². The number of aliphatic hydroxyl groups is 1. The normalized spacial score (nSPS) is 12.3. The van der Waals surface area contributed by atoms with E-state index in [0.29, 0.717) is 6.54 Å². The molecule has 0 fully saturated rings. The van der Waals surface area contributed by atoms with Crippen LogP contribution in [0.2, 0.25) is 0 Å². The zero-order chi connectivity index (χ0) is 14.6. The topological polar surface area (TPSA) is 67.5 Å². The van der Waals surface area contributed by atoms with Crippen LogP contribution in [-0.4, -0.2) is 31.4 Å². The maximum atomic E-state index is 8.75. The fraction of sp³-hybridized carbons (Fsp3) is 0.625. The van der Waals surface area contributed by atoms with Crippen molar-refractivity contribution < 1.29 is 9.84 Å². The molecule has 0 spiro atoms. The van der Waals surface area contributed by atoms with Crippen molar-refractivity contribution in [3.63, 3.8) is 0 Å². The molecule has 0 bridgehead atoms. The van der Waals surface area contributed by atoms with Crippen molar-refractivity contribution in [2.75, 3.05) is 26.3 Å². The smallest absolute Gasteiger partial charge is 0.119 e. The first-order valence-electron chi connectivity index (χ1n) is 7.58. The summed E-state index contributed by atoms with van der Waals surface area (Å²) in [6, 6.07) is 8.30. The molecule has 1 unspecified atom stereocenters. The van der Waals surface area contributed by atoms with Crippen molar-refractivity contribution in [2.24, 2.45) is 5.73 Å². The minimum Gasteiger partial charge on any atom is -0.494 e. The van der Waals surface area contributed by atoms with Gasteiger partial charge in [0.15, 0.2) is 0 Å². The van der Waals surface area contributed by atoms with Gasteiger partial charge in [-0.3, -0.25) is 0 Å². The van der Waals surface area contributed by atoms with E-state index in [4.69, 9.17) is 15.6 Å². The fourth-order valence-electron chi connectivity index (χ4n) is 2.07. The number of aliphatic hydroxyl groups excluding tert-OH is 1. The summed E-state index contributed by atoms with van der Waals surface area (Å²) in [4.78, 5) is 0. The highest BCUT2D eigenvalue weighted by Crippen LogP contribution is 2.19. The highest BCUT2D eigenvalue weighted by Gasteiger charge is 2.09. The molecule has 20 heavy (non-hydrogen) atoms. The molecule has 0 aliphatic rings. The lowest BCUT2D eigenvalue weighted by molar-refractivity contribution is 0.282. The molecule has 0 aliphatic carbocycles. The lowest BCUT2D eigenvalue weighted by Crippen LogP contribution is -2.29. The van der Waals surface area contributed by atoms with Crippen LogP contribution in [0.4, 0.5) is 0 Å². The number of hydrogen-bond acceptors (Lipinski definition) is 4. The molecule has 0 aromatic heterocycles. The van der Waals surface area contributed by atoms with E-state index in [-0.39, 0.29) is 12.6 Å². The average Bonchev–Trinajstić information content (AvgIpc) is 2.49. The van der Waals surface area contributed by atoms with E-state index in [9.17, 15) is 0 Å². The summed E-state index contributed by atoms with van der Waals surface area (Å²) < 4.78 is 5.65. The van der Waals surface area contributed by atoms with Gasteiger partial charge in [0, 0.05) is 19.2 Å². The standard InChI is InChI=1S/C16H28N2O2/c1-2-11-20-15-8-6-7-14(12-15)16(13-17)18-9-4-3-5-10-19/h6-8,12,16,18-19H,2-5,9-11,13,17H2,1H3. The molecule has 0 heterocycles. The Labute approximate surface area is 122 Å². The van der Waals surface area contributed by atoms with Gasteiger partial charge in [0.25, 0.3) is 0 Å². The zero-order valence-electron chi connectivity index (χ0n) is 12.5. The van der Waals surface area contributed by atoms with Gasteiger partial charge >= 0.3 is 0 Å². The van der Waals surface area contributed by atoms with E-state index in [1.807, 2.05) is 12.1 Å². The van der Waals surface area contributed by atoms with Crippen LogP contribution >= 0.6 is 0 Å².